The summed E-state index contributed by atoms with van der Waals surface area (Å²) in [6, 6.07) is 13.8. The van der Waals surface area contributed by atoms with Gasteiger partial charge in [0.1, 0.15) is 0 Å². The molecule has 2 N–H and O–H groups in total. The van der Waals surface area contributed by atoms with E-state index in [4.69, 9.17) is 16.3 Å². The predicted octanol–water partition coefficient (Wildman–Crippen LogP) is 3.20. The minimum atomic E-state index is 0.175. The van der Waals surface area contributed by atoms with E-state index in [-0.39, 0.29) is 11.8 Å². The smallest absolute Gasteiger partial charge is 0.160 e. The third-order valence-corrected chi connectivity index (χ3v) is 4.59. The second-order valence-electron chi connectivity index (χ2n) is 5.72. The Morgan fingerprint density at radius 1 is 1.30 bits per heavy atom. The Balaban J connectivity index is 1.82. The highest BCUT2D eigenvalue weighted by Crippen LogP contribution is 2.31. The summed E-state index contributed by atoms with van der Waals surface area (Å²) in [5.74, 6) is 0.672. The van der Waals surface area contributed by atoms with Gasteiger partial charge in [-0.1, -0.05) is 35.9 Å². The van der Waals surface area contributed by atoms with Crippen molar-refractivity contribution < 1.29 is 9.84 Å². The molecular weight excluding hydrogens is 312 g/mol. The van der Waals surface area contributed by atoms with Crippen molar-refractivity contribution in [1.29, 1.82) is 0 Å². The van der Waals surface area contributed by atoms with Crippen molar-refractivity contribution in [3.8, 4) is 11.5 Å². The maximum atomic E-state index is 9.97. The van der Waals surface area contributed by atoms with Crippen molar-refractivity contribution in [3.05, 3.63) is 58.6 Å². The molecule has 3 rings (SSSR count). The molecule has 1 unspecified atom stereocenters. The summed E-state index contributed by atoms with van der Waals surface area (Å²) < 4.78 is 5.11. The Hall–Kier alpha value is -1.75. The van der Waals surface area contributed by atoms with E-state index in [9.17, 15) is 5.11 Å². The monoisotopic (exact) mass is 332 g/mol. The zero-order valence-electron chi connectivity index (χ0n) is 13.1. The fraction of sp³-hybridized carbons (Fsp3) is 0.333. The summed E-state index contributed by atoms with van der Waals surface area (Å²) >= 11 is 6.38. The topological polar surface area (TPSA) is 44.7 Å². The van der Waals surface area contributed by atoms with Crippen LogP contribution in [0.5, 0.6) is 11.5 Å². The van der Waals surface area contributed by atoms with Crippen molar-refractivity contribution >= 4 is 11.6 Å². The zero-order valence-corrected chi connectivity index (χ0v) is 13.9. The van der Waals surface area contributed by atoms with Crippen LogP contribution in [0.4, 0.5) is 0 Å². The Bertz CT molecular complexity index is 678. The van der Waals surface area contributed by atoms with Crippen LogP contribution in [0.15, 0.2) is 42.5 Å². The second-order valence-corrected chi connectivity index (χ2v) is 6.13. The van der Waals surface area contributed by atoms with Crippen molar-refractivity contribution in [2.45, 2.75) is 12.6 Å². The van der Waals surface area contributed by atoms with Crippen molar-refractivity contribution in [2.75, 3.05) is 26.7 Å². The molecule has 0 radical (unpaired) electrons. The number of nitrogens with zero attached hydrogens (tertiary/aromatic N) is 1. The minimum absolute atomic E-state index is 0.175. The van der Waals surface area contributed by atoms with Gasteiger partial charge in [-0.2, -0.15) is 0 Å². The van der Waals surface area contributed by atoms with Gasteiger partial charge in [0.05, 0.1) is 7.11 Å². The third kappa shape index (κ3) is 3.61. The van der Waals surface area contributed by atoms with Gasteiger partial charge in [0.2, 0.25) is 0 Å². The maximum Gasteiger partial charge on any atom is 0.160 e. The Labute approximate surface area is 141 Å². The van der Waals surface area contributed by atoms with E-state index in [0.717, 1.165) is 42.3 Å². The number of hydrogen-bond donors (Lipinski definition) is 2. The Morgan fingerprint density at radius 3 is 2.87 bits per heavy atom. The van der Waals surface area contributed by atoms with E-state index in [0.29, 0.717) is 5.75 Å². The van der Waals surface area contributed by atoms with Gasteiger partial charge in [-0.25, -0.2) is 0 Å². The van der Waals surface area contributed by atoms with Gasteiger partial charge < -0.3 is 15.2 Å². The molecule has 2 aromatic rings. The lowest BCUT2D eigenvalue weighted by molar-refractivity contribution is 0.153. The van der Waals surface area contributed by atoms with Gasteiger partial charge in [-0.05, 0) is 29.3 Å². The van der Waals surface area contributed by atoms with Crippen molar-refractivity contribution in [1.82, 2.24) is 10.2 Å². The van der Waals surface area contributed by atoms with Crippen LogP contribution in [0.25, 0.3) is 0 Å². The summed E-state index contributed by atoms with van der Waals surface area (Å²) in [6.45, 7) is 3.51. The number of rotatable bonds is 4. The molecule has 0 aromatic heterocycles. The molecular formula is C18H21ClN2O2. The Kier molecular flexibility index (Phi) is 5.06. The van der Waals surface area contributed by atoms with Crippen molar-refractivity contribution in [2.24, 2.45) is 0 Å². The second kappa shape index (κ2) is 7.21. The quantitative estimate of drug-likeness (QED) is 0.902. The van der Waals surface area contributed by atoms with E-state index in [2.05, 4.69) is 16.3 Å². The largest absolute Gasteiger partial charge is 0.504 e. The highest BCUT2D eigenvalue weighted by atomic mass is 35.5. The van der Waals surface area contributed by atoms with E-state index in [1.165, 1.54) is 0 Å². The summed E-state index contributed by atoms with van der Waals surface area (Å²) in [5.41, 5.74) is 2.20. The molecule has 1 heterocycles. The molecule has 122 valence electrons. The number of methoxy groups -OCH3 is 1. The minimum Gasteiger partial charge on any atom is -0.504 e. The molecule has 1 fully saturated rings. The first kappa shape index (κ1) is 16.1. The summed E-state index contributed by atoms with van der Waals surface area (Å²) in [5, 5.41) is 14.2. The first-order valence-electron chi connectivity index (χ1n) is 7.74. The molecule has 0 aliphatic carbocycles. The number of halogens is 1. The van der Waals surface area contributed by atoms with Gasteiger partial charge in [-0.15, -0.1) is 0 Å². The first-order valence-corrected chi connectivity index (χ1v) is 8.12. The molecule has 1 saturated heterocycles. The lowest BCUT2D eigenvalue weighted by atomic mass is 10.0. The predicted molar refractivity (Wildman–Crippen MR) is 92.1 cm³/mol. The number of phenolic OH excluding ortho intramolecular Hbond substituents is 1. The molecule has 1 aliphatic rings. The van der Waals surface area contributed by atoms with Crippen LogP contribution in [0.3, 0.4) is 0 Å². The van der Waals surface area contributed by atoms with Crippen LogP contribution in [0.2, 0.25) is 5.02 Å². The molecule has 5 heteroatoms. The van der Waals surface area contributed by atoms with Gasteiger partial charge in [0.25, 0.3) is 0 Å². The maximum absolute atomic E-state index is 9.97. The van der Waals surface area contributed by atoms with Gasteiger partial charge in [0, 0.05) is 37.2 Å². The Morgan fingerprint density at radius 2 is 2.13 bits per heavy atom. The highest BCUT2D eigenvalue weighted by Gasteiger charge is 2.25. The molecule has 23 heavy (non-hydrogen) atoms. The van der Waals surface area contributed by atoms with Crippen LogP contribution in [0.1, 0.15) is 17.2 Å². The van der Waals surface area contributed by atoms with Gasteiger partial charge in [0.15, 0.2) is 11.5 Å². The van der Waals surface area contributed by atoms with E-state index >= 15 is 0 Å². The average Bonchev–Trinajstić information content (AvgIpc) is 2.56. The lowest BCUT2D eigenvalue weighted by Gasteiger charge is -2.37. The molecule has 0 bridgehead atoms. The summed E-state index contributed by atoms with van der Waals surface area (Å²) in [4.78, 5) is 2.39. The van der Waals surface area contributed by atoms with Gasteiger partial charge >= 0.3 is 0 Å². The van der Waals surface area contributed by atoms with E-state index in [1.54, 1.807) is 19.2 Å². The number of piperazine rings is 1. The normalized spacial score (nSPS) is 18.8. The van der Waals surface area contributed by atoms with Crippen LogP contribution < -0.4 is 10.1 Å². The number of nitrogens with one attached hydrogen (secondary N) is 1. The lowest BCUT2D eigenvalue weighted by Crippen LogP contribution is -2.45. The molecule has 0 amide bonds. The van der Waals surface area contributed by atoms with E-state index < -0.39 is 0 Å². The zero-order chi connectivity index (χ0) is 16.2. The van der Waals surface area contributed by atoms with E-state index in [1.807, 2.05) is 24.3 Å². The highest BCUT2D eigenvalue weighted by molar-refractivity contribution is 6.31. The third-order valence-electron chi connectivity index (χ3n) is 4.25. The molecule has 4 nitrogen and oxygen atoms in total. The standard InChI is InChI=1S/C18H21ClN2O2/c1-23-18-7-6-13(10-17(18)22)12-21-9-8-20-11-16(21)14-4-2-3-5-15(14)19/h2-7,10,16,20,22H,8-9,11-12H2,1H3. The molecule has 1 atom stereocenters. The number of hydrogen-bond acceptors (Lipinski definition) is 4. The van der Waals surface area contributed by atoms with Crippen LogP contribution in [-0.2, 0) is 6.54 Å². The average molecular weight is 333 g/mol. The van der Waals surface area contributed by atoms with Crippen LogP contribution >= 0.6 is 11.6 Å². The summed E-state index contributed by atoms with van der Waals surface area (Å²) in [6.07, 6.45) is 0. The number of aromatic hydroxyl groups is 1. The number of phenols is 1. The fourth-order valence-electron chi connectivity index (χ4n) is 3.06. The molecule has 0 saturated carbocycles. The summed E-state index contributed by atoms with van der Waals surface area (Å²) in [7, 11) is 1.55. The molecule has 1 aliphatic heterocycles. The SMILES string of the molecule is COc1ccc(CN2CCNCC2c2ccccc2Cl)cc1O. The van der Waals surface area contributed by atoms with Gasteiger partial charge in [-0.3, -0.25) is 4.90 Å². The fourth-order valence-corrected chi connectivity index (χ4v) is 3.32. The van der Waals surface area contributed by atoms with Crippen LogP contribution in [-0.4, -0.2) is 36.8 Å². The number of ether oxygens (including phenoxy) is 1. The first-order chi connectivity index (χ1) is 11.2. The van der Waals surface area contributed by atoms with Crippen molar-refractivity contribution in [3.63, 3.8) is 0 Å². The number of benzene rings is 2. The van der Waals surface area contributed by atoms with Crippen LogP contribution in [0, 0.1) is 0 Å². The molecule has 0 spiro atoms. The molecule has 2 aromatic carbocycles.